The molecule has 1 N–H and O–H groups in total. The van der Waals surface area contributed by atoms with E-state index >= 15 is 0 Å². The van der Waals surface area contributed by atoms with Crippen molar-refractivity contribution in [1.82, 2.24) is 24.6 Å². The smallest absolute Gasteiger partial charge is 0.320 e. The second-order valence-corrected chi connectivity index (χ2v) is 9.09. The summed E-state index contributed by atoms with van der Waals surface area (Å²) in [5.74, 6) is 0.572. The van der Waals surface area contributed by atoms with Gasteiger partial charge in [-0.05, 0) is 37.6 Å². The van der Waals surface area contributed by atoms with Crippen LogP contribution in [0.2, 0.25) is 0 Å². The van der Waals surface area contributed by atoms with Gasteiger partial charge in [0.05, 0.1) is 43.3 Å². The van der Waals surface area contributed by atoms with Gasteiger partial charge < -0.3 is 19.5 Å². The highest BCUT2D eigenvalue weighted by Crippen LogP contribution is 2.34. The highest BCUT2D eigenvalue weighted by atomic mass is 16.5. The number of carboxylic acids is 1. The van der Waals surface area contributed by atoms with Crippen LogP contribution in [0.25, 0.3) is 22.3 Å². The van der Waals surface area contributed by atoms with Crippen LogP contribution in [0, 0.1) is 0 Å². The molecule has 5 rings (SSSR count). The quantitative estimate of drug-likeness (QED) is 0.366. The molecule has 1 saturated heterocycles. The molecule has 0 amide bonds. The normalized spacial score (nSPS) is 15.7. The molecule has 1 aliphatic rings. The number of likely N-dealkylation sites (tertiary alicyclic amines) is 1. The molecule has 3 heterocycles. The number of ether oxygens (including phenoxy) is 2. The highest BCUT2D eigenvalue weighted by molar-refractivity contribution is 5.82. The van der Waals surface area contributed by atoms with Crippen molar-refractivity contribution in [1.29, 1.82) is 0 Å². The topological polar surface area (TPSA) is 106 Å². The number of fused-ring (bicyclic) bond motifs is 1. The minimum Gasteiger partial charge on any atom is -0.497 e. The van der Waals surface area contributed by atoms with Crippen LogP contribution in [-0.4, -0.2) is 75.6 Å². The molecule has 1 aliphatic heterocycles. The van der Waals surface area contributed by atoms with E-state index in [1.165, 1.54) is 0 Å². The largest absolute Gasteiger partial charge is 0.497 e. The predicted molar refractivity (Wildman–Crippen MR) is 141 cm³/mol. The first-order valence-electron chi connectivity index (χ1n) is 12.2. The van der Waals surface area contributed by atoms with Crippen molar-refractivity contribution in [3.05, 3.63) is 55.0 Å². The lowest BCUT2D eigenvalue weighted by atomic mass is 10.2. The van der Waals surface area contributed by atoms with Crippen molar-refractivity contribution in [2.45, 2.75) is 18.9 Å². The standard InChI is InChI=1S/C27H30N6O4/c1-31-17-18(15-29-31)25-16-28-23-7-6-19(13-24(23)30-25)33(10-9-32-8-4-5-26(32)27(34)35)20-11-21(36-2)14-22(12-20)37-3/h6-7,11-17,26H,4-5,8-10H2,1-3H3,(H,34,35). The van der Waals surface area contributed by atoms with Gasteiger partial charge in [-0.15, -0.1) is 0 Å². The van der Waals surface area contributed by atoms with Gasteiger partial charge in [-0.3, -0.25) is 19.4 Å². The summed E-state index contributed by atoms with van der Waals surface area (Å²) in [6.45, 7) is 1.93. The zero-order valence-electron chi connectivity index (χ0n) is 21.2. The molecular formula is C27H30N6O4. The molecular weight excluding hydrogens is 472 g/mol. The van der Waals surface area contributed by atoms with Crippen molar-refractivity contribution in [2.75, 3.05) is 38.8 Å². The van der Waals surface area contributed by atoms with Crippen LogP contribution in [0.15, 0.2) is 55.0 Å². The van der Waals surface area contributed by atoms with Crippen LogP contribution < -0.4 is 14.4 Å². The Morgan fingerprint density at radius 1 is 1.08 bits per heavy atom. The van der Waals surface area contributed by atoms with Crippen molar-refractivity contribution < 1.29 is 19.4 Å². The molecule has 1 fully saturated rings. The predicted octanol–water partition coefficient (Wildman–Crippen LogP) is 3.73. The van der Waals surface area contributed by atoms with Crippen LogP contribution in [-0.2, 0) is 11.8 Å². The van der Waals surface area contributed by atoms with Gasteiger partial charge in [0.1, 0.15) is 17.5 Å². The van der Waals surface area contributed by atoms with Gasteiger partial charge in [0.2, 0.25) is 0 Å². The number of nitrogens with zero attached hydrogens (tertiary/aromatic N) is 6. The number of carboxylic acid groups (broad SMARTS) is 1. The molecule has 2 aromatic heterocycles. The van der Waals surface area contributed by atoms with E-state index < -0.39 is 12.0 Å². The molecule has 37 heavy (non-hydrogen) atoms. The molecule has 4 aromatic rings. The zero-order chi connectivity index (χ0) is 25.9. The Balaban J connectivity index is 1.54. The molecule has 192 valence electrons. The Kier molecular flexibility index (Phi) is 6.91. The van der Waals surface area contributed by atoms with Gasteiger partial charge >= 0.3 is 5.97 Å². The first-order valence-corrected chi connectivity index (χ1v) is 12.2. The molecule has 10 heteroatoms. The number of benzene rings is 2. The molecule has 2 aromatic carbocycles. The summed E-state index contributed by atoms with van der Waals surface area (Å²) in [4.78, 5) is 25.4. The van der Waals surface area contributed by atoms with Gasteiger partial charge in [0.25, 0.3) is 0 Å². The van der Waals surface area contributed by atoms with Gasteiger partial charge in [-0.1, -0.05) is 0 Å². The minimum absolute atomic E-state index is 0.453. The summed E-state index contributed by atoms with van der Waals surface area (Å²) in [5.41, 5.74) is 4.96. The number of aryl methyl sites for hydroxylation is 1. The third kappa shape index (κ3) is 5.19. The number of carbonyl (C=O) groups is 1. The molecule has 1 unspecified atom stereocenters. The van der Waals surface area contributed by atoms with E-state index in [2.05, 4.69) is 15.0 Å². The molecule has 1 atom stereocenters. The Morgan fingerprint density at radius 3 is 2.54 bits per heavy atom. The Labute approximate surface area is 215 Å². The number of rotatable bonds is 9. The average molecular weight is 503 g/mol. The fourth-order valence-corrected chi connectivity index (χ4v) is 4.82. The summed E-state index contributed by atoms with van der Waals surface area (Å²) in [5, 5.41) is 13.9. The summed E-state index contributed by atoms with van der Waals surface area (Å²) < 4.78 is 12.8. The van der Waals surface area contributed by atoms with Gasteiger partial charge in [0, 0.05) is 61.5 Å². The maximum Gasteiger partial charge on any atom is 0.320 e. The number of anilines is 2. The second kappa shape index (κ2) is 10.4. The number of aliphatic carboxylic acids is 1. The maximum absolute atomic E-state index is 11.8. The average Bonchev–Trinajstić information content (AvgIpc) is 3.57. The van der Waals surface area contributed by atoms with Gasteiger partial charge in [-0.25, -0.2) is 4.98 Å². The zero-order valence-corrected chi connectivity index (χ0v) is 21.2. The number of hydrogen-bond donors (Lipinski definition) is 1. The lowest BCUT2D eigenvalue weighted by molar-refractivity contribution is -0.142. The number of hydrogen-bond acceptors (Lipinski definition) is 8. The Bertz CT molecular complexity index is 1400. The summed E-state index contributed by atoms with van der Waals surface area (Å²) >= 11 is 0. The third-order valence-corrected chi connectivity index (χ3v) is 6.75. The summed E-state index contributed by atoms with van der Waals surface area (Å²) in [6, 6.07) is 11.2. The third-order valence-electron chi connectivity index (χ3n) is 6.75. The first kappa shape index (κ1) is 24.5. The number of aromatic nitrogens is 4. The van der Waals surface area contributed by atoms with Crippen LogP contribution in [0.5, 0.6) is 11.5 Å². The maximum atomic E-state index is 11.8. The van der Waals surface area contributed by atoms with Crippen molar-refractivity contribution in [2.24, 2.45) is 7.05 Å². The Hall–Kier alpha value is -4.18. The van der Waals surface area contributed by atoms with Crippen molar-refractivity contribution >= 4 is 28.4 Å². The first-order chi connectivity index (χ1) is 17.9. The minimum atomic E-state index is -0.768. The Morgan fingerprint density at radius 2 is 1.86 bits per heavy atom. The molecule has 10 nitrogen and oxygen atoms in total. The lowest BCUT2D eigenvalue weighted by Crippen LogP contribution is -2.40. The summed E-state index contributed by atoms with van der Waals surface area (Å²) in [6.07, 6.45) is 6.98. The van der Waals surface area contributed by atoms with Gasteiger partial charge in [-0.2, -0.15) is 5.10 Å². The van der Waals surface area contributed by atoms with E-state index in [1.54, 1.807) is 31.3 Å². The molecule has 0 aliphatic carbocycles. The van der Waals surface area contributed by atoms with Gasteiger partial charge in [0.15, 0.2) is 0 Å². The van der Waals surface area contributed by atoms with E-state index in [4.69, 9.17) is 14.5 Å². The van der Waals surface area contributed by atoms with E-state index in [1.807, 2.05) is 54.5 Å². The van der Waals surface area contributed by atoms with E-state index in [9.17, 15) is 9.90 Å². The van der Waals surface area contributed by atoms with Crippen molar-refractivity contribution in [3.63, 3.8) is 0 Å². The monoisotopic (exact) mass is 502 g/mol. The summed E-state index contributed by atoms with van der Waals surface area (Å²) in [7, 11) is 5.11. The molecule has 0 spiro atoms. The van der Waals surface area contributed by atoms with E-state index in [0.717, 1.165) is 46.6 Å². The van der Waals surface area contributed by atoms with Crippen LogP contribution in [0.3, 0.4) is 0 Å². The van der Waals surface area contributed by atoms with Crippen LogP contribution >= 0.6 is 0 Å². The fraction of sp³-hybridized carbons (Fsp3) is 0.333. The highest BCUT2D eigenvalue weighted by Gasteiger charge is 2.30. The second-order valence-electron chi connectivity index (χ2n) is 9.09. The number of methoxy groups -OCH3 is 2. The SMILES string of the molecule is COc1cc(OC)cc(N(CCN2CCCC2C(=O)O)c2ccc3ncc(-c4cnn(C)c4)nc3c2)c1. The molecule has 0 saturated carbocycles. The fourth-order valence-electron chi connectivity index (χ4n) is 4.82. The lowest BCUT2D eigenvalue weighted by Gasteiger charge is -2.29. The van der Waals surface area contributed by atoms with Crippen LogP contribution in [0.1, 0.15) is 12.8 Å². The van der Waals surface area contributed by atoms with E-state index in [-0.39, 0.29) is 0 Å². The molecule has 0 radical (unpaired) electrons. The molecule has 0 bridgehead atoms. The van der Waals surface area contributed by atoms with E-state index in [0.29, 0.717) is 31.0 Å². The van der Waals surface area contributed by atoms with Crippen molar-refractivity contribution in [3.8, 4) is 22.8 Å². The van der Waals surface area contributed by atoms with Crippen LogP contribution in [0.4, 0.5) is 11.4 Å².